The van der Waals surface area contributed by atoms with Gasteiger partial charge in [-0.25, -0.2) is 8.78 Å². The lowest BCUT2D eigenvalue weighted by atomic mass is 10.0. The van der Waals surface area contributed by atoms with E-state index >= 15 is 0 Å². The molecular formula is C12H10F2. The van der Waals surface area contributed by atoms with E-state index in [9.17, 15) is 8.78 Å². The van der Waals surface area contributed by atoms with E-state index in [0.717, 1.165) is 5.56 Å². The first-order chi connectivity index (χ1) is 6.59. The van der Waals surface area contributed by atoms with Crippen molar-refractivity contribution in [2.75, 3.05) is 0 Å². The van der Waals surface area contributed by atoms with Gasteiger partial charge in [0.25, 0.3) is 0 Å². The zero-order valence-electron chi connectivity index (χ0n) is 8.07. The van der Waals surface area contributed by atoms with Gasteiger partial charge in [-0.1, -0.05) is 17.7 Å². The van der Waals surface area contributed by atoms with E-state index in [1.165, 1.54) is 13.0 Å². The summed E-state index contributed by atoms with van der Waals surface area (Å²) in [5.41, 5.74) is 1.06. The molecule has 14 heavy (non-hydrogen) atoms. The van der Waals surface area contributed by atoms with Crippen molar-refractivity contribution in [2.45, 2.75) is 13.8 Å². The van der Waals surface area contributed by atoms with E-state index < -0.39 is 11.6 Å². The highest BCUT2D eigenvalue weighted by Crippen LogP contribution is 2.24. The van der Waals surface area contributed by atoms with E-state index in [0.29, 0.717) is 10.8 Å². The highest BCUT2D eigenvalue weighted by molar-refractivity contribution is 5.84. The molecule has 0 atom stereocenters. The van der Waals surface area contributed by atoms with E-state index in [2.05, 4.69) is 0 Å². The Morgan fingerprint density at radius 3 is 2.43 bits per heavy atom. The van der Waals surface area contributed by atoms with Crippen molar-refractivity contribution in [1.82, 2.24) is 0 Å². The highest BCUT2D eigenvalue weighted by atomic mass is 19.1. The third-order valence-electron chi connectivity index (χ3n) is 2.41. The van der Waals surface area contributed by atoms with E-state index in [1.54, 1.807) is 12.1 Å². The minimum absolute atomic E-state index is 0.0862. The summed E-state index contributed by atoms with van der Waals surface area (Å²) in [4.78, 5) is 0. The molecule has 2 heteroatoms. The summed E-state index contributed by atoms with van der Waals surface area (Å²) < 4.78 is 26.8. The SMILES string of the molecule is Cc1ccc2cc(F)c(C)c(F)c2c1. The minimum Gasteiger partial charge on any atom is -0.207 e. The lowest BCUT2D eigenvalue weighted by Crippen LogP contribution is -1.91. The number of fused-ring (bicyclic) bond motifs is 1. The van der Waals surface area contributed by atoms with Crippen LogP contribution in [0.25, 0.3) is 10.8 Å². The van der Waals surface area contributed by atoms with Crippen LogP contribution in [-0.4, -0.2) is 0 Å². The van der Waals surface area contributed by atoms with Crippen LogP contribution in [0.4, 0.5) is 8.78 Å². The van der Waals surface area contributed by atoms with Gasteiger partial charge in [0, 0.05) is 10.9 Å². The molecule has 2 aromatic rings. The van der Waals surface area contributed by atoms with Crippen LogP contribution < -0.4 is 0 Å². The van der Waals surface area contributed by atoms with Crippen LogP contribution in [0.1, 0.15) is 11.1 Å². The molecule has 0 aliphatic carbocycles. The van der Waals surface area contributed by atoms with Crippen molar-refractivity contribution in [3.63, 3.8) is 0 Å². The molecule has 0 spiro atoms. The van der Waals surface area contributed by atoms with Crippen molar-refractivity contribution in [3.8, 4) is 0 Å². The van der Waals surface area contributed by atoms with Gasteiger partial charge in [0.05, 0.1) is 0 Å². The third-order valence-corrected chi connectivity index (χ3v) is 2.41. The number of hydrogen-bond donors (Lipinski definition) is 0. The maximum absolute atomic E-state index is 13.6. The fraction of sp³-hybridized carbons (Fsp3) is 0.167. The summed E-state index contributed by atoms with van der Waals surface area (Å²) in [6.07, 6.45) is 0. The average molecular weight is 192 g/mol. The van der Waals surface area contributed by atoms with Crippen LogP contribution in [0, 0.1) is 25.5 Å². The molecule has 0 aliphatic heterocycles. The Bertz CT molecular complexity index is 501. The largest absolute Gasteiger partial charge is 0.207 e. The summed E-state index contributed by atoms with van der Waals surface area (Å²) >= 11 is 0. The first-order valence-corrected chi connectivity index (χ1v) is 4.44. The number of halogens is 2. The predicted molar refractivity (Wildman–Crippen MR) is 53.3 cm³/mol. The molecule has 0 heterocycles. The first-order valence-electron chi connectivity index (χ1n) is 4.44. The molecule has 0 radical (unpaired) electrons. The lowest BCUT2D eigenvalue weighted by Gasteiger charge is -2.05. The Hall–Kier alpha value is -1.44. The molecule has 2 aromatic carbocycles. The van der Waals surface area contributed by atoms with Crippen LogP contribution in [0.2, 0.25) is 0 Å². The molecule has 0 aromatic heterocycles. The zero-order chi connectivity index (χ0) is 10.3. The van der Waals surface area contributed by atoms with Crippen LogP contribution in [0.5, 0.6) is 0 Å². The summed E-state index contributed by atoms with van der Waals surface area (Å²) in [6, 6.07) is 6.68. The normalized spacial score (nSPS) is 10.9. The van der Waals surface area contributed by atoms with Gasteiger partial charge in [0.2, 0.25) is 0 Å². The van der Waals surface area contributed by atoms with Crippen molar-refractivity contribution < 1.29 is 8.78 Å². The Labute approximate surface area is 81.2 Å². The van der Waals surface area contributed by atoms with Crippen molar-refractivity contribution >= 4 is 10.8 Å². The van der Waals surface area contributed by atoms with E-state index in [-0.39, 0.29) is 5.56 Å². The van der Waals surface area contributed by atoms with Crippen molar-refractivity contribution in [3.05, 3.63) is 47.0 Å². The Balaban J connectivity index is 2.92. The smallest absolute Gasteiger partial charge is 0.136 e. The van der Waals surface area contributed by atoms with Gasteiger partial charge < -0.3 is 0 Å². The van der Waals surface area contributed by atoms with Crippen molar-refractivity contribution in [2.24, 2.45) is 0 Å². The maximum Gasteiger partial charge on any atom is 0.136 e. The lowest BCUT2D eigenvalue weighted by molar-refractivity contribution is 0.577. The van der Waals surface area contributed by atoms with Crippen molar-refractivity contribution in [1.29, 1.82) is 0 Å². The van der Waals surface area contributed by atoms with Gasteiger partial charge in [-0.15, -0.1) is 0 Å². The van der Waals surface area contributed by atoms with Gasteiger partial charge in [-0.05, 0) is 31.4 Å². The summed E-state index contributed by atoms with van der Waals surface area (Å²) in [7, 11) is 0. The molecule has 0 nitrogen and oxygen atoms in total. The summed E-state index contributed by atoms with van der Waals surface area (Å²) in [6.45, 7) is 3.34. The zero-order valence-corrected chi connectivity index (χ0v) is 8.07. The second-order valence-electron chi connectivity index (χ2n) is 3.52. The molecular weight excluding hydrogens is 182 g/mol. The molecule has 0 N–H and O–H groups in total. The molecule has 0 saturated carbocycles. The monoisotopic (exact) mass is 192 g/mol. The number of hydrogen-bond acceptors (Lipinski definition) is 0. The fourth-order valence-corrected chi connectivity index (χ4v) is 1.54. The molecule has 0 aliphatic rings. The first kappa shape index (κ1) is 9.13. The van der Waals surface area contributed by atoms with Crippen LogP contribution >= 0.6 is 0 Å². The van der Waals surface area contributed by atoms with Crippen LogP contribution in [0.3, 0.4) is 0 Å². The summed E-state index contributed by atoms with van der Waals surface area (Å²) in [5, 5.41) is 1.10. The standard InChI is InChI=1S/C12H10F2/c1-7-3-4-9-6-11(13)8(2)12(14)10(9)5-7/h3-6H,1-2H3. The Morgan fingerprint density at radius 1 is 1.00 bits per heavy atom. The third kappa shape index (κ3) is 1.27. The van der Waals surface area contributed by atoms with Gasteiger partial charge in [0.1, 0.15) is 11.6 Å². The number of aryl methyl sites for hydroxylation is 1. The Morgan fingerprint density at radius 2 is 1.71 bits per heavy atom. The van der Waals surface area contributed by atoms with E-state index in [4.69, 9.17) is 0 Å². The molecule has 0 unspecified atom stereocenters. The van der Waals surface area contributed by atoms with Crippen LogP contribution in [0.15, 0.2) is 24.3 Å². The topological polar surface area (TPSA) is 0 Å². The second kappa shape index (κ2) is 3.05. The number of benzene rings is 2. The van der Waals surface area contributed by atoms with Gasteiger partial charge in [0.15, 0.2) is 0 Å². The average Bonchev–Trinajstić information content (AvgIpc) is 2.16. The molecule has 2 rings (SSSR count). The van der Waals surface area contributed by atoms with Gasteiger partial charge in [-0.3, -0.25) is 0 Å². The fourth-order valence-electron chi connectivity index (χ4n) is 1.54. The quantitative estimate of drug-likeness (QED) is 0.596. The molecule has 0 amide bonds. The second-order valence-corrected chi connectivity index (χ2v) is 3.52. The molecule has 0 fully saturated rings. The minimum atomic E-state index is -0.487. The van der Waals surface area contributed by atoms with Gasteiger partial charge in [-0.2, -0.15) is 0 Å². The molecule has 72 valence electrons. The van der Waals surface area contributed by atoms with E-state index in [1.807, 2.05) is 13.0 Å². The molecule has 0 bridgehead atoms. The maximum atomic E-state index is 13.6. The summed E-state index contributed by atoms with van der Waals surface area (Å²) in [5.74, 6) is -0.942. The predicted octanol–water partition coefficient (Wildman–Crippen LogP) is 3.73. The van der Waals surface area contributed by atoms with Crippen LogP contribution in [-0.2, 0) is 0 Å². The Kier molecular flexibility index (Phi) is 1.99. The number of rotatable bonds is 0. The molecule has 0 saturated heterocycles. The van der Waals surface area contributed by atoms with Gasteiger partial charge >= 0.3 is 0 Å². The highest BCUT2D eigenvalue weighted by Gasteiger charge is 2.09.